The summed E-state index contributed by atoms with van der Waals surface area (Å²) in [5.74, 6) is 0.474. The monoisotopic (exact) mass is 407 g/mol. The molecule has 0 radical (unpaired) electrons. The van der Waals surface area contributed by atoms with E-state index in [2.05, 4.69) is 84.2 Å². The van der Waals surface area contributed by atoms with Gasteiger partial charge < -0.3 is 9.80 Å². The number of carbonyl (C=O) groups is 1. The molecule has 30 heavy (non-hydrogen) atoms. The molecule has 3 rings (SSSR count). The molecule has 0 N–H and O–H groups in total. The maximum absolute atomic E-state index is 13.3. The van der Waals surface area contributed by atoms with Crippen LogP contribution >= 0.6 is 0 Å². The fourth-order valence-electron chi connectivity index (χ4n) is 4.13. The van der Waals surface area contributed by atoms with Gasteiger partial charge in [-0.3, -0.25) is 9.69 Å². The molecule has 0 aliphatic carbocycles. The van der Waals surface area contributed by atoms with Crippen molar-refractivity contribution in [3.8, 4) is 0 Å². The maximum Gasteiger partial charge on any atom is 0.226 e. The van der Waals surface area contributed by atoms with E-state index < -0.39 is 0 Å². The predicted octanol–water partition coefficient (Wildman–Crippen LogP) is 4.05. The van der Waals surface area contributed by atoms with Gasteiger partial charge in [0.1, 0.15) is 0 Å². The summed E-state index contributed by atoms with van der Waals surface area (Å²) in [4.78, 5) is 20.1. The van der Waals surface area contributed by atoms with Gasteiger partial charge in [0, 0.05) is 32.1 Å². The first-order valence-corrected chi connectivity index (χ1v) is 11.3. The Labute approximate surface area is 182 Å². The summed E-state index contributed by atoms with van der Waals surface area (Å²) < 4.78 is 0. The predicted molar refractivity (Wildman–Crippen MR) is 124 cm³/mol. The molecular weight excluding hydrogens is 370 g/mol. The number of piperidine rings is 1. The van der Waals surface area contributed by atoms with E-state index in [1.165, 1.54) is 16.7 Å². The topological polar surface area (TPSA) is 26.8 Å². The van der Waals surface area contributed by atoms with E-state index in [1.807, 2.05) is 6.07 Å². The van der Waals surface area contributed by atoms with Crippen molar-refractivity contribution in [1.82, 2.24) is 14.7 Å². The summed E-state index contributed by atoms with van der Waals surface area (Å²) >= 11 is 0. The second-order valence-electron chi connectivity index (χ2n) is 8.77. The molecule has 4 nitrogen and oxygen atoms in total. The Morgan fingerprint density at radius 2 is 1.53 bits per heavy atom. The molecule has 0 saturated carbocycles. The molecule has 0 bridgehead atoms. The number of hydrogen-bond acceptors (Lipinski definition) is 3. The molecule has 0 aromatic heterocycles. The standard InChI is InChI=1S/C26H37N3O/c1-4-22-10-12-24(13-11-22)20-28-16-14-25(15-17-28)26(30)29(19-18-27(2)3)21-23-8-6-5-7-9-23/h5-13,25H,4,14-21H2,1-3H3. The second-order valence-corrected chi connectivity index (χ2v) is 8.77. The summed E-state index contributed by atoms with van der Waals surface area (Å²) in [6.07, 6.45) is 3.00. The minimum Gasteiger partial charge on any atom is -0.337 e. The van der Waals surface area contributed by atoms with E-state index in [0.717, 1.165) is 52.0 Å². The Morgan fingerprint density at radius 3 is 2.13 bits per heavy atom. The van der Waals surface area contributed by atoms with E-state index in [-0.39, 0.29) is 5.92 Å². The second kappa shape index (κ2) is 11.3. The van der Waals surface area contributed by atoms with Crippen molar-refractivity contribution >= 4 is 5.91 Å². The third-order valence-electron chi connectivity index (χ3n) is 6.12. The zero-order valence-corrected chi connectivity index (χ0v) is 18.9. The summed E-state index contributed by atoms with van der Waals surface area (Å²) in [7, 11) is 4.13. The molecular formula is C26H37N3O. The van der Waals surface area contributed by atoms with Gasteiger partial charge in [-0.25, -0.2) is 0 Å². The Kier molecular flexibility index (Phi) is 8.47. The zero-order valence-electron chi connectivity index (χ0n) is 18.9. The van der Waals surface area contributed by atoms with Gasteiger partial charge in [-0.2, -0.15) is 0 Å². The number of nitrogens with zero attached hydrogens (tertiary/aromatic N) is 3. The highest BCUT2D eigenvalue weighted by molar-refractivity contribution is 5.79. The van der Waals surface area contributed by atoms with Crippen molar-refractivity contribution in [1.29, 1.82) is 0 Å². The van der Waals surface area contributed by atoms with Crippen LogP contribution in [0.1, 0.15) is 36.5 Å². The molecule has 0 spiro atoms. The summed E-state index contributed by atoms with van der Waals surface area (Å²) in [5.41, 5.74) is 3.96. The summed E-state index contributed by atoms with van der Waals surface area (Å²) in [5, 5.41) is 0. The van der Waals surface area contributed by atoms with Crippen LogP contribution in [0.5, 0.6) is 0 Å². The number of hydrogen-bond donors (Lipinski definition) is 0. The highest BCUT2D eigenvalue weighted by Crippen LogP contribution is 2.22. The fraction of sp³-hybridized carbons (Fsp3) is 0.500. The molecule has 1 amide bonds. The van der Waals surface area contributed by atoms with Gasteiger partial charge in [0.2, 0.25) is 5.91 Å². The van der Waals surface area contributed by atoms with Crippen molar-refractivity contribution in [2.45, 2.75) is 39.3 Å². The van der Waals surface area contributed by atoms with E-state index in [0.29, 0.717) is 12.5 Å². The lowest BCUT2D eigenvalue weighted by atomic mass is 9.94. The molecule has 2 aromatic carbocycles. The van der Waals surface area contributed by atoms with Gasteiger partial charge in [-0.05, 0) is 63.1 Å². The van der Waals surface area contributed by atoms with Crippen LogP contribution in [0.25, 0.3) is 0 Å². The number of likely N-dealkylation sites (tertiary alicyclic amines) is 1. The van der Waals surface area contributed by atoms with Crippen LogP contribution in [-0.2, 0) is 24.3 Å². The number of rotatable bonds is 9. The highest BCUT2D eigenvalue weighted by atomic mass is 16.2. The van der Waals surface area contributed by atoms with Crippen LogP contribution in [-0.4, -0.2) is 60.9 Å². The molecule has 0 unspecified atom stereocenters. The average Bonchev–Trinajstić information content (AvgIpc) is 2.78. The Morgan fingerprint density at radius 1 is 0.900 bits per heavy atom. The van der Waals surface area contributed by atoms with Crippen molar-refractivity contribution in [3.05, 3.63) is 71.3 Å². The van der Waals surface area contributed by atoms with Gasteiger partial charge in [-0.1, -0.05) is 61.5 Å². The highest BCUT2D eigenvalue weighted by Gasteiger charge is 2.28. The minimum atomic E-state index is 0.148. The van der Waals surface area contributed by atoms with Crippen molar-refractivity contribution in [2.75, 3.05) is 40.3 Å². The van der Waals surface area contributed by atoms with Crippen LogP contribution in [0.15, 0.2) is 54.6 Å². The molecule has 162 valence electrons. The fourth-order valence-corrected chi connectivity index (χ4v) is 4.13. The van der Waals surface area contributed by atoms with Crippen LogP contribution in [0.3, 0.4) is 0 Å². The number of benzene rings is 2. The first-order chi connectivity index (χ1) is 14.5. The van der Waals surface area contributed by atoms with E-state index in [9.17, 15) is 4.79 Å². The molecule has 2 aromatic rings. The Balaban J connectivity index is 1.55. The lowest BCUT2D eigenvalue weighted by Gasteiger charge is -2.34. The molecule has 1 heterocycles. The number of amides is 1. The van der Waals surface area contributed by atoms with E-state index in [4.69, 9.17) is 0 Å². The van der Waals surface area contributed by atoms with Crippen LogP contribution in [0.2, 0.25) is 0 Å². The number of carbonyl (C=O) groups excluding carboxylic acids is 1. The lowest BCUT2D eigenvalue weighted by molar-refractivity contribution is -0.138. The van der Waals surface area contributed by atoms with Crippen molar-refractivity contribution < 1.29 is 4.79 Å². The van der Waals surface area contributed by atoms with Gasteiger partial charge in [0.25, 0.3) is 0 Å². The van der Waals surface area contributed by atoms with Crippen LogP contribution in [0, 0.1) is 5.92 Å². The largest absolute Gasteiger partial charge is 0.337 e. The van der Waals surface area contributed by atoms with Gasteiger partial charge in [0.15, 0.2) is 0 Å². The summed E-state index contributed by atoms with van der Waals surface area (Å²) in [6, 6.07) is 19.3. The Hall–Kier alpha value is -2.17. The first-order valence-electron chi connectivity index (χ1n) is 11.3. The average molecular weight is 408 g/mol. The number of likely N-dealkylation sites (N-methyl/N-ethyl adjacent to an activating group) is 1. The Bertz CT molecular complexity index is 765. The van der Waals surface area contributed by atoms with Gasteiger partial charge in [-0.15, -0.1) is 0 Å². The summed E-state index contributed by atoms with van der Waals surface area (Å²) in [6.45, 7) is 7.56. The lowest BCUT2D eigenvalue weighted by Crippen LogP contribution is -2.44. The minimum absolute atomic E-state index is 0.148. The van der Waals surface area contributed by atoms with Crippen molar-refractivity contribution in [3.63, 3.8) is 0 Å². The van der Waals surface area contributed by atoms with Crippen LogP contribution < -0.4 is 0 Å². The third-order valence-corrected chi connectivity index (χ3v) is 6.12. The van der Waals surface area contributed by atoms with E-state index in [1.54, 1.807) is 0 Å². The zero-order chi connectivity index (χ0) is 21.3. The number of aryl methyl sites for hydroxylation is 1. The quantitative estimate of drug-likeness (QED) is 0.627. The van der Waals surface area contributed by atoms with Gasteiger partial charge >= 0.3 is 0 Å². The van der Waals surface area contributed by atoms with Gasteiger partial charge in [0.05, 0.1) is 0 Å². The SMILES string of the molecule is CCc1ccc(CN2CCC(C(=O)N(CCN(C)C)Cc3ccccc3)CC2)cc1. The molecule has 1 fully saturated rings. The maximum atomic E-state index is 13.3. The smallest absolute Gasteiger partial charge is 0.226 e. The molecule has 1 aliphatic heterocycles. The molecule has 1 aliphatic rings. The first kappa shape index (κ1) is 22.5. The normalized spacial score (nSPS) is 15.5. The molecule has 0 atom stereocenters. The molecule has 4 heteroatoms. The third kappa shape index (κ3) is 6.68. The van der Waals surface area contributed by atoms with Crippen molar-refractivity contribution in [2.24, 2.45) is 5.92 Å². The molecule has 1 saturated heterocycles. The van der Waals surface area contributed by atoms with E-state index >= 15 is 0 Å². The van der Waals surface area contributed by atoms with Crippen LogP contribution in [0.4, 0.5) is 0 Å².